The molecule has 1 aliphatic rings. The predicted molar refractivity (Wildman–Crippen MR) is 125 cm³/mol. The zero-order valence-electron chi connectivity index (χ0n) is 17.5. The highest BCUT2D eigenvalue weighted by Gasteiger charge is 2.25. The number of rotatable bonds is 4. The molecule has 0 bridgehead atoms. The van der Waals surface area contributed by atoms with Gasteiger partial charge in [0, 0.05) is 25.2 Å². The van der Waals surface area contributed by atoms with Crippen LogP contribution in [0.5, 0.6) is 0 Å². The van der Waals surface area contributed by atoms with Crippen LogP contribution < -0.4 is 16.2 Å². The number of hydrogen-bond acceptors (Lipinski definition) is 5. The molecule has 3 N–H and O–H groups in total. The van der Waals surface area contributed by atoms with Crippen molar-refractivity contribution in [3.05, 3.63) is 77.2 Å². The van der Waals surface area contributed by atoms with Crippen molar-refractivity contribution in [2.45, 2.75) is 12.8 Å². The van der Waals surface area contributed by atoms with E-state index in [2.05, 4.69) is 39.2 Å². The largest absolute Gasteiger partial charge is 0.369 e. The summed E-state index contributed by atoms with van der Waals surface area (Å²) in [5.41, 5.74) is 9.58. The number of piperidine rings is 1. The number of pyridine rings is 1. The molecular formula is C25H23N5O2. The molecule has 7 nitrogen and oxygen atoms in total. The fourth-order valence-corrected chi connectivity index (χ4v) is 4.29. The topological polar surface area (TPSA) is 105 Å². The molecule has 4 aromatic rings. The zero-order chi connectivity index (χ0) is 22.1. The molecule has 1 amide bonds. The number of hydrogen-bond donors (Lipinski definition) is 2. The van der Waals surface area contributed by atoms with E-state index in [-0.39, 0.29) is 17.4 Å². The molecule has 7 heteroatoms. The average molecular weight is 425 g/mol. The Balaban J connectivity index is 1.48. The minimum absolute atomic E-state index is 0.123. The van der Waals surface area contributed by atoms with E-state index >= 15 is 0 Å². The number of nitrogens with two attached hydrogens (primary N) is 1. The van der Waals surface area contributed by atoms with Crippen LogP contribution in [0.1, 0.15) is 12.8 Å². The average Bonchev–Trinajstić information content (AvgIpc) is 2.84. The lowest BCUT2D eigenvalue weighted by atomic mass is 9.96. The number of H-pyrrole nitrogens is 1. The van der Waals surface area contributed by atoms with Crippen molar-refractivity contribution in [3.63, 3.8) is 0 Å². The highest BCUT2D eigenvalue weighted by molar-refractivity contribution is 5.92. The zero-order valence-corrected chi connectivity index (χ0v) is 17.5. The number of carbonyl (C=O) groups excluding carboxylic acids is 1. The first kappa shape index (κ1) is 19.9. The van der Waals surface area contributed by atoms with Gasteiger partial charge in [0.2, 0.25) is 11.9 Å². The summed E-state index contributed by atoms with van der Waals surface area (Å²) in [6, 6.07) is 20.1. The molecule has 32 heavy (non-hydrogen) atoms. The number of nitrogens with zero attached hydrogens (tertiary/aromatic N) is 3. The minimum Gasteiger partial charge on any atom is -0.369 e. The molecule has 0 aliphatic carbocycles. The first-order valence-corrected chi connectivity index (χ1v) is 10.7. The fourth-order valence-electron chi connectivity index (χ4n) is 4.29. The third-order valence-electron chi connectivity index (χ3n) is 6.10. The van der Waals surface area contributed by atoms with Crippen molar-refractivity contribution in [2.75, 3.05) is 18.0 Å². The van der Waals surface area contributed by atoms with Crippen LogP contribution in [-0.2, 0) is 4.79 Å². The van der Waals surface area contributed by atoms with Crippen molar-refractivity contribution in [1.29, 1.82) is 0 Å². The predicted octanol–water partition coefficient (Wildman–Crippen LogP) is 3.35. The Morgan fingerprint density at radius 2 is 1.59 bits per heavy atom. The Morgan fingerprint density at radius 3 is 2.28 bits per heavy atom. The van der Waals surface area contributed by atoms with Gasteiger partial charge in [0.15, 0.2) is 5.65 Å². The van der Waals surface area contributed by atoms with E-state index in [1.165, 1.54) is 0 Å². The first-order chi connectivity index (χ1) is 15.6. The highest BCUT2D eigenvalue weighted by atomic mass is 16.1. The summed E-state index contributed by atoms with van der Waals surface area (Å²) in [4.78, 5) is 38.4. The van der Waals surface area contributed by atoms with Crippen LogP contribution in [0, 0.1) is 5.92 Å². The molecular weight excluding hydrogens is 402 g/mol. The third-order valence-corrected chi connectivity index (χ3v) is 6.10. The molecule has 1 fully saturated rings. The number of nitrogens with one attached hydrogen (secondary N) is 1. The summed E-state index contributed by atoms with van der Waals surface area (Å²) in [5, 5.41) is 0.468. The van der Waals surface area contributed by atoms with Gasteiger partial charge in [-0.05, 0) is 41.2 Å². The Hall–Kier alpha value is -4.00. The first-order valence-electron chi connectivity index (χ1n) is 10.7. The quantitative estimate of drug-likeness (QED) is 0.522. The maximum absolute atomic E-state index is 13.1. The number of amides is 1. The Kier molecular flexibility index (Phi) is 5.15. The van der Waals surface area contributed by atoms with Crippen molar-refractivity contribution in [1.82, 2.24) is 15.0 Å². The lowest BCUT2D eigenvalue weighted by Gasteiger charge is -2.30. The standard InChI is InChI=1S/C25H23N5O2/c26-22(31)19-11-14-30(15-12-19)25-28-23-21(24(32)29-25)20(10-13-27-23)18-8-6-17(7-9-18)16-4-2-1-3-5-16/h1-10,13,19H,11-12,14-15H2,(H2,26,31)(H,27,28,29,32). The molecule has 2 aromatic heterocycles. The summed E-state index contributed by atoms with van der Waals surface area (Å²) in [5.74, 6) is 0.0886. The van der Waals surface area contributed by atoms with Crippen LogP contribution in [0.2, 0.25) is 0 Å². The lowest BCUT2D eigenvalue weighted by molar-refractivity contribution is -0.122. The Bertz CT molecular complexity index is 1320. The van der Waals surface area contributed by atoms with Gasteiger partial charge in [0.1, 0.15) is 0 Å². The van der Waals surface area contributed by atoms with Gasteiger partial charge in [-0.1, -0.05) is 54.6 Å². The maximum atomic E-state index is 13.1. The van der Waals surface area contributed by atoms with Crippen LogP contribution in [0.15, 0.2) is 71.7 Å². The number of benzene rings is 2. The van der Waals surface area contributed by atoms with Crippen LogP contribution >= 0.6 is 0 Å². The van der Waals surface area contributed by atoms with E-state index in [4.69, 9.17) is 5.73 Å². The van der Waals surface area contributed by atoms with Gasteiger partial charge in [-0.2, -0.15) is 4.98 Å². The summed E-state index contributed by atoms with van der Waals surface area (Å²) < 4.78 is 0. The number of aromatic nitrogens is 3. The van der Waals surface area contributed by atoms with Crippen LogP contribution in [0.25, 0.3) is 33.3 Å². The number of aromatic amines is 1. The van der Waals surface area contributed by atoms with Gasteiger partial charge in [-0.3, -0.25) is 14.6 Å². The second-order valence-electron chi connectivity index (χ2n) is 8.05. The highest BCUT2D eigenvalue weighted by Crippen LogP contribution is 2.28. The molecule has 0 atom stereocenters. The van der Waals surface area contributed by atoms with E-state index in [0.717, 1.165) is 22.3 Å². The molecule has 2 aromatic carbocycles. The van der Waals surface area contributed by atoms with Gasteiger partial charge in [0.05, 0.1) is 5.39 Å². The van der Waals surface area contributed by atoms with Gasteiger partial charge in [0.25, 0.3) is 5.56 Å². The molecule has 0 saturated carbocycles. The SMILES string of the molecule is NC(=O)C1CCN(c2nc3nccc(-c4ccc(-c5ccccc5)cc4)c3c(=O)[nH]2)CC1. The smallest absolute Gasteiger partial charge is 0.262 e. The number of fused-ring (bicyclic) bond motifs is 1. The molecule has 160 valence electrons. The van der Waals surface area contributed by atoms with Crippen molar-refractivity contribution < 1.29 is 4.79 Å². The Labute approximate surface area is 184 Å². The Morgan fingerprint density at radius 1 is 0.938 bits per heavy atom. The second-order valence-corrected chi connectivity index (χ2v) is 8.05. The molecule has 1 saturated heterocycles. The number of carbonyl (C=O) groups is 1. The normalized spacial score (nSPS) is 14.6. The van der Waals surface area contributed by atoms with Crippen LogP contribution in [0.3, 0.4) is 0 Å². The number of primary amides is 1. The summed E-state index contributed by atoms with van der Waals surface area (Å²) in [6.07, 6.45) is 2.98. The maximum Gasteiger partial charge on any atom is 0.262 e. The third kappa shape index (κ3) is 3.73. The monoisotopic (exact) mass is 425 g/mol. The number of anilines is 1. The molecule has 0 unspecified atom stereocenters. The van der Waals surface area contributed by atoms with Gasteiger partial charge in [-0.25, -0.2) is 4.98 Å². The molecule has 0 spiro atoms. The fraction of sp³-hybridized carbons (Fsp3) is 0.200. The molecule has 0 radical (unpaired) electrons. The molecule has 3 heterocycles. The van der Waals surface area contributed by atoms with E-state index in [9.17, 15) is 9.59 Å². The lowest BCUT2D eigenvalue weighted by Crippen LogP contribution is -2.40. The molecule has 5 rings (SSSR count). The molecule has 1 aliphatic heterocycles. The van der Waals surface area contributed by atoms with Crippen LogP contribution in [-0.4, -0.2) is 33.9 Å². The summed E-state index contributed by atoms with van der Waals surface area (Å²) >= 11 is 0. The minimum atomic E-state index is -0.269. The summed E-state index contributed by atoms with van der Waals surface area (Å²) in [7, 11) is 0. The second kappa shape index (κ2) is 8.26. The van der Waals surface area contributed by atoms with Crippen molar-refractivity contribution in [2.24, 2.45) is 11.7 Å². The van der Waals surface area contributed by atoms with Gasteiger partial charge >= 0.3 is 0 Å². The van der Waals surface area contributed by atoms with Crippen molar-refractivity contribution in [3.8, 4) is 22.3 Å². The van der Waals surface area contributed by atoms with Crippen molar-refractivity contribution >= 4 is 22.9 Å². The van der Waals surface area contributed by atoms with Gasteiger partial charge in [-0.15, -0.1) is 0 Å². The van der Waals surface area contributed by atoms with Gasteiger partial charge < -0.3 is 10.6 Å². The summed E-state index contributed by atoms with van der Waals surface area (Å²) in [6.45, 7) is 1.23. The van der Waals surface area contributed by atoms with E-state index in [1.807, 2.05) is 41.3 Å². The van der Waals surface area contributed by atoms with E-state index < -0.39 is 0 Å². The van der Waals surface area contributed by atoms with E-state index in [0.29, 0.717) is 42.9 Å². The van der Waals surface area contributed by atoms with Crippen LogP contribution in [0.4, 0.5) is 5.95 Å². The van der Waals surface area contributed by atoms with E-state index in [1.54, 1.807) is 6.20 Å².